The molecular formula is C110H109Ir3N7-4. The summed E-state index contributed by atoms with van der Waals surface area (Å²) < 4.78 is 7.09. The smallest absolute Gasteiger partial charge is 0.0602 e. The zero-order chi connectivity index (χ0) is 79.5. The topological polar surface area (TPSA) is 66.3 Å². The summed E-state index contributed by atoms with van der Waals surface area (Å²) in [4.78, 5) is 18.7. The molecule has 4 aliphatic carbocycles. The third kappa shape index (κ3) is 20.7. The van der Waals surface area contributed by atoms with Gasteiger partial charge >= 0.3 is 0 Å². The number of nitrogens with zero attached hydrogens (tertiary/aromatic N) is 7. The zero-order valence-electron chi connectivity index (χ0n) is 69.7. The van der Waals surface area contributed by atoms with Crippen molar-refractivity contribution in [1.82, 2.24) is 33.6 Å². The van der Waals surface area contributed by atoms with Crippen molar-refractivity contribution >= 4 is 0 Å². The second kappa shape index (κ2) is 43.6. The van der Waals surface area contributed by atoms with E-state index in [-0.39, 0.29) is 60.3 Å². The van der Waals surface area contributed by atoms with Crippen LogP contribution in [0.25, 0.3) is 107 Å². The first-order chi connectivity index (χ1) is 57.8. The van der Waals surface area contributed by atoms with Crippen LogP contribution in [0.4, 0.5) is 0 Å². The van der Waals surface area contributed by atoms with Crippen molar-refractivity contribution in [2.45, 2.75) is 192 Å². The molecule has 10 heteroatoms. The number of aromatic nitrogens is 7. The summed E-state index contributed by atoms with van der Waals surface area (Å²) in [5.74, 6) is 6.00. The van der Waals surface area contributed by atoms with Gasteiger partial charge in [-0.2, -0.15) is 0 Å². The van der Waals surface area contributed by atoms with Crippen LogP contribution in [0.3, 0.4) is 0 Å². The number of hydrogen-bond donors (Lipinski definition) is 0. The minimum atomic E-state index is 0. The Kier molecular flexibility index (Phi) is 31.9. The Hall–Kier alpha value is -9.85. The molecule has 0 bridgehead atoms. The molecule has 4 saturated carbocycles. The van der Waals surface area contributed by atoms with Gasteiger partial charge in [0.25, 0.3) is 0 Å². The van der Waals surface area contributed by atoms with Gasteiger partial charge in [-0.1, -0.05) is 250 Å². The molecule has 615 valence electrons. The normalized spacial score (nSPS) is 14.5. The van der Waals surface area contributed by atoms with Gasteiger partial charge in [-0.05, 0) is 195 Å². The van der Waals surface area contributed by atoms with Gasteiger partial charge in [0.1, 0.15) is 0 Å². The average molecular weight is 2110 g/mol. The van der Waals surface area contributed by atoms with E-state index in [2.05, 4.69) is 276 Å². The minimum Gasteiger partial charge on any atom is -0.340 e. The molecular weight excluding hydrogens is 2000 g/mol. The molecule has 3 radical (unpaired) electrons. The van der Waals surface area contributed by atoms with Crippen LogP contribution in [0.1, 0.15) is 225 Å². The first-order valence-corrected chi connectivity index (χ1v) is 43.5. The van der Waals surface area contributed by atoms with E-state index in [1.165, 1.54) is 218 Å². The molecule has 0 spiro atoms. The van der Waals surface area contributed by atoms with E-state index >= 15 is 0 Å². The predicted molar refractivity (Wildman–Crippen MR) is 485 cm³/mol. The molecule has 0 saturated heterocycles. The van der Waals surface area contributed by atoms with Gasteiger partial charge in [0.2, 0.25) is 0 Å². The summed E-state index contributed by atoms with van der Waals surface area (Å²) in [6.07, 6.45) is 40.3. The maximum Gasteiger partial charge on any atom is 0.0602 e. The molecule has 15 aromatic rings. The van der Waals surface area contributed by atoms with Crippen molar-refractivity contribution in [3.05, 3.63) is 368 Å². The van der Waals surface area contributed by atoms with Gasteiger partial charge in [0.15, 0.2) is 0 Å². The fraction of sp³-hybridized carbons (Fsp3) is 0.273. The van der Waals surface area contributed by atoms with Crippen LogP contribution < -0.4 is 0 Å². The summed E-state index contributed by atoms with van der Waals surface area (Å²) in [5, 5.41) is 0. The van der Waals surface area contributed by atoms with Crippen molar-refractivity contribution < 1.29 is 60.3 Å². The van der Waals surface area contributed by atoms with Gasteiger partial charge in [0, 0.05) is 121 Å². The molecule has 0 N–H and O–H groups in total. The Morgan fingerprint density at radius 1 is 0.275 bits per heavy atom. The van der Waals surface area contributed by atoms with Crippen molar-refractivity contribution in [1.29, 1.82) is 0 Å². The molecule has 0 aliphatic heterocycles. The van der Waals surface area contributed by atoms with Crippen LogP contribution in [-0.2, 0) is 60.3 Å². The first-order valence-electron chi connectivity index (χ1n) is 43.5. The van der Waals surface area contributed by atoms with Crippen molar-refractivity contribution in [2.75, 3.05) is 0 Å². The zero-order valence-corrected chi connectivity index (χ0v) is 76.9. The van der Waals surface area contributed by atoms with E-state index in [9.17, 15) is 0 Å². The van der Waals surface area contributed by atoms with Crippen LogP contribution in [-0.4, -0.2) is 33.6 Å². The van der Waals surface area contributed by atoms with Crippen LogP contribution in [0.15, 0.2) is 310 Å². The fourth-order valence-electron chi connectivity index (χ4n) is 18.9. The SMILES string of the molecule is CC(C)c1cc(-c2ccccc2)cc(C(C)C)c1-n1ccnc1-c1[c-]cccc1.[Ir].[Ir].[Ir].[c-]1ccccc1-c1ccccn1.[c-]1ccccc1-c1nccn1-c1c(C2CCCCC2)c(-c2ccccc2)cc(-c2ccccc2)c1C1CCCCC1.[c-]1ccccc1-c1nccn1-c1c(C2CCCCC2)ccc(-c2ccccc2)c1C1CCCCC1. The maximum atomic E-state index is 4.97. The standard InChI is InChI=1S/C39H39N2.C33H35N2.C27H27N2.C11H8N.3Ir/c1-6-16-29(17-7-1)34-28-35(30-18-8-2-9-19-30)37(32-22-12-4-13-23-32)38(36(34)31-20-10-3-11-21-31)41-27-26-40-39(41)33-24-14-5-15-25-33;1-5-13-25(14-6-1)29-21-22-30(26-15-7-2-8-16-26)32(31(29)27-17-9-3-10-18-27)35-24-23-34-33(35)28-19-11-4-12-20-28;1-19(2)24-17-23(21-11-7-5-8-12-21)18-25(20(3)4)26(24)29-16-15-28-27(29)22-13-9-6-10-14-22;1-2-6-10(7-3-1)11-8-4-5-9-12-11;;;/h1-2,5-9,14-19,24,26-28,31-32H,3-4,10-13,20-23H2;1,4-6,11-14,19,21-24,26-27H,2-3,7-10,15-18H2;5-13,15-20H,1-4H3;1-6,8-9H;;;/q4*-1;;;. The third-order valence-corrected chi connectivity index (χ3v) is 24.6. The monoisotopic (exact) mass is 2110 g/mol. The molecule has 7 nitrogen and oxygen atoms in total. The van der Waals surface area contributed by atoms with Crippen LogP contribution in [0.5, 0.6) is 0 Å². The van der Waals surface area contributed by atoms with Gasteiger partial charge in [0.05, 0.1) is 17.5 Å². The second-order valence-corrected chi connectivity index (χ2v) is 32.9. The number of hydrogen-bond acceptors (Lipinski definition) is 4. The summed E-state index contributed by atoms with van der Waals surface area (Å²) in [5.41, 5.74) is 28.7. The third-order valence-electron chi connectivity index (χ3n) is 24.6. The molecule has 19 rings (SSSR count). The van der Waals surface area contributed by atoms with Crippen molar-refractivity contribution in [2.24, 2.45) is 0 Å². The van der Waals surface area contributed by atoms with Gasteiger partial charge in [-0.25, -0.2) is 0 Å². The number of imidazole rings is 3. The fourth-order valence-corrected chi connectivity index (χ4v) is 18.9. The van der Waals surface area contributed by atoms with Crippen LogP contribution in [0, 0.1) is 24.3 Å². The summed E-state index contributed by atoms with van der Waals surface area (Å²) >= 11 is 0. The quantitative estimate of drug-likeness (QED) is 0.0852. The molecule has 0 amide bonds. The Bertz CT molecular complexity index is 5450. The van der Waals surface area contributed by atoms with Crippen molar-refractivity contribution in [3.8, 4) is 107 Å². The van der Waals surface area contributed by atoms with E-state index in [1.54, 1.807) is 11.8 Å². The first kappa shape index (κ1) is 87.9. The Morgan fingerprint density at radius 2 is 0.608 bits per heavy atom. The largest absolute Gasteiger partial charge is 0.340 e. The Morgan fingerprint density at radius 3 is 0.975 bits per heavy atom. The molecule has 120 heavy (non-hydrogen) atoms. The van der Waals surface area contributed by atoms with Crippen LogP contribution >= 0.6 is 0 Å². The van der Waals surface area contributed by atoms with E-state index < -0.39 is 0 Å². The number of rotatable bonds is 17. The molecule has 4 heterocycles. The predicted octanol–water partition coefficient (Wildman–Crippen LogP) is 29.7. The summed E-state index contributed by atoms with van der Waals surface area (Å²) in [6.45, 7) is 9.07. The van der Waals surface area contributed by atoms with Gasteiger partial charge in [-0.3, -0.25) is 15.0 Å². The molecule has 4 aliphatic rings. The van der Waals surface area contributed by atoms with E-state index in [4.69, 9.17) is 9.97 Å². The Labute approximate surface area is 754 Å². The Balaban J connectivity index is 0.000000145. The van der Waals surface area contributed by atoms with Crippen LogP contribution in [0.2, 0.25) is 0 Å². The van der Waals surface area contributed by atoms with E-state index in [0.717, 1.165) is 45.4 Å². The molecule has 0 atom stereocenters. The molecule has 4 aromatic heterocycles. The summed E-state index contributed by atoms with van der Waals surface area (Å²) in [7, 11) is 0. The molecule has 11 aromatic carbocycles. The second-order valence-electron chi connectivity index (χ2n) is 32.9. The summed E-state index contributed by atoms with van der Waals surface area (Å²) in [6, 6.07) is 108. The molecule has 0 unspecified atom stereocenters. The van der Waals surface area contributed by atoms with E-state index in [1.807, 2.05) is 104 Å². The average Bonchev–Trinajstić information content (AvgIpc) is 1.17. The molecule has 4 fully saturated rings. The van der Waals surface area contributed by atoms with Gasteiger partial charge in [-0.15, -0.1) is 144 Å². The number of benzene rings is 11. The number of pyridine rings is 1. The maximum absolute atomic E-state index is 4.97. The van der Waals surface area contributed by atoms with Crippen molar-refractivity contribution in [3.63, 3.8) is 0 Å². The van der Waals surface area contributed by atoms with E-state index in [0.29, 0.717) is 35.5 Å². The minimum absolute atomic E-state index is 0. The van der Waals surface area contributed by atoms with Gasteiger partial charge < -0.3 is 18.7 Å².